The number of nitrogens with zero attached hydrogens (tertiary/aromatic N) is 2. The Kier molecular flexibility index (Phi) is 4.29. The molecule has 3 N–H and O–H groups in total. The Balaban J connectivity index is 1.46. The molecule has 1 aliphatic rings. The van der Waals surface area contributed by atoms with Crippen molar-refractivity contribution in [3.05, 3.63) is 53.5 Å². The minimum Gasteiger partial charge on any atom is -0.508 e. The molecule has 0 spiro atoms. The minimum absolute atomic E-state index is 0.176. The normalized spacial score (nSPS) is 16.6. The first-order chi connectivity index (χ1) is 12.2. The van der Waals surface area contributed by atoms with Crippen molar-refractivity contribution in [3.8, 4) is 5.75 Å². The van der Waals surface area contributed by atoms with E-state index in [1.165, 1.54) is 23.1 Å². The summed E-state index contributed by atoms with van der Waals surface area (Å²) < 4.78 is 0.900. The molecule has 2 heterocycles. The number of phenolic OH excluding ortho intramolecular Hbond substituents is 1. The number of hydrogen-bond acceptors (Lipinski definition) is 7. The first-order valence-electron chi connectivity index (χ1n) is 7.60. The Labute approximate surface area is 152 Å². The fraction of sp³-hybridized carbons (Fsp3) is 0.118. The number of amides is 1. The lowest BCUT2D eigenvalue weighted by Gasteiger charge is -2.10. The monoisotopic (exact) mass is 370 g/mol. The molecule has 0 aliphatic carbocycles. The van der Waals surface area contributed by atoms with Crippen molar-refractivity contribution in [2.75, 3.05) is 11.2 Å². The number of fused-ring (bicyclic) bond motifs is 1. The van der Waals surface area contributed by atoms with Crippen LogP contribution in [0.25, 0.3) is 10.2 Å². The third kappa shape index (κ3) is 3.45. The van der Waals surface area contributed by atoms with Crippen LogP contribution in [-0.2, 0) is 4.79 Å². The van der Waals surface area contributed by atoms with E-state index < -0.39 is 6.04 Å². The van der Waals surface area contributed by atoms with Crippen molar-refractivity contribution < 1.29 is 9.90 Å². The Bertz CT molecular complexity index is 956. The fourth-order valence-electron chi connectivity index (χ4n) is 2.37. The fourth-order valence-corrected chi connectivity index (χ4v) is 4.47. The third-order valence-corrected chi connectivity index (χ3v) is 5.82. The van der Waals surface area contributed by atoms with Crippen LogP contribution in [0.5, 0.6) is 5.75 Å². The van der Waals surface area contributed by atoms with Crippen LogP contribution in [-0.4, -0.2) is 32.8 Å². The summed E-state index contributed by atoms with van der Waals surface area (Å²) in [5, 5.41) is 11.1. The number of nitrogens with one attached hydrogen (secondary N) is 2. The van der Waals surface area contributed by atoms with Gasteiger partial charge in [-0.05, 0) is 30.3 Å². The number of carbonyl (C=O) groups is 1. The van der Waals surface area contributed by atoms with Crippen LogP contribution in [0.3, 0.4) is 0 Å². The number of thioether (sulfide) groups is 1. The molecule has 126 valence electrons. The largest absolute Gasteiger partial charge is 0.508 e. The number of aromatic hydroxyl groups is 1. The summed E-state index contributed by atoms with van der Waals surface area (Å²) in [7, 11) is 0. The molecule has 2 aromatic carbocycles. The van der Waals surface area contributed by atoms with Gasteiger partial charge in [-0.15, -0.1) is 23.1 Å². The second-order valence-electron chi connectivity index (χ2n) is 5.41. The quantitative estimate of drug-likeness (QED) is 0.615. The molecule has 3 aromatic rings. The number of thiazole rings is 1. The summed E-state index contributed by atoms with van der Waals surface area (Å²) in [6.45, 7) is 0. The molecule has 25 heavy (non-hydrogen) atoms. The van der Waals surface area contributed by atoms with Crippen LogP contribution in [0.15, 0.2) is 53.5 Å². The van der Waals surface area contributed by atoms with Gasteiger partial charge < -0.3 is 5.11 Å². The molecule has 1 atom stereocenters. The Morgan fingerprint density at radius 1 is 1.20 bits per heavy atom. The first kappa shape index (κ1) is 15.9. The maximum absolute atomic E-state index is 12.3. The van der Waals surface area contributed by atoms with E-state index in [4.69, 9.17) is 0 Å². The van der Waals surface area contributed by atoms with Crippen LogP contribution in [0.2, 0.25) is 0 Å². The molecule has 0 bridgehead atoms. The van der Waals surface area contributed by atoms with E-state index in [0.717, 1.165) is 26.0 Å². The lowest BCUT2D eigenvalue weighted by Crippen LogP contribution is -2.37. The van der Waals surface area contributed by atoms with Crippen LogP contribution >= 0.6 is 23.1 Å². The van der Waals surface area contributed by atoms with Gasteiger partial charge in [0.2, 0.25) is 0 Å². The molecule has 4 rings (SSSR count). The van der Waals surface area contributed by atoms with Crippen LogP contribution in [0.4, 0.5) is 5.69 Å². The predicted octanol–water partition coefficient (Wildman–Crippen LogP) is 3.01. The molecule has 0 saturated heterocycles. The molecular formula is C17H14N4O2S2. The van der Waals surface area contributed by atoms with E-state index >= 15 is 0 Å². The number of hydrogen-bond donors (Lipinski definition) is 3. The number of carbonyl (C=O) groups excluding carboxylic acids is 1. The van der Waals surface area contributed by atoms with Crippen molar-refractivity contribution in [2.45, 2.75) is 6.04 Å². The highest BCUT2D eigenvalue weighted by molar-refractivity contribution is 8.15. The summed E-state index contributed by atoms with van der Waals surface area (Å²) in [6.07, 6.45) is 0. The molecule has 1 unspecified atom stereocenters. The van der Waals surface area contributed by atoms with E-state index in [1.807, 2.05) is 30.3 Å². The molecule has 1 amide bonds. The van der Waals surface area contributed by atoms with Crippen LogP contribution in [0.1, 0.15) is 5.01 Å². The second kappa shape index (κ2) is 6.73. The average Bonchev–Trinajstić information content (AvgIpc) is 3.27. The van der Waals surface area contributed by atoms with Crippen molar-refractivity contribution >= 4 is 50.0 Å². The van der Waals surface area contributed by atoms with Crippen molar-refractivity contribution in [1.82, 2.24) is 10.4 Å². The highest BCUT2D eigenvalue weighted by Crippen LogP contribution is 2.31. The number of phenols is 1. The van der Waals surface area contributed by atoms with Gasteiger partial charge in [0.15, 0.2) is 0 Å². The number of benzene rings is 2. The Hall–Kier alpha value is -2.58. The standard InChI is InChI=1S/C17H14N4O2S2/c22-11-6-7-12-14(8-11)25-17(18-12)16-19-13(9-24-16)15(23)21-20-10-4-2-1-3-5-10/h1-8,13,20,22H,9H2,(H,21,23). The maximum Gasteiger partial charge on any atom is 0.264 e. The summed E-state index contributed by atoms with van der Waals surface area (Å²) in [5.41, 5.74) is 7.21. The van der Waals surface area contributed by atoms with E-state index in [0.29, 0.717) is 5.75 Å². The zero-order valence-electron chi connectivity index (χ0n) is 13.0. The summed E-state index contributed by atoms with van der Waals surface area (Å²) in [5.74, 6) is 0.622. The van der Waals surface area contributed by atoms with Gasteiger partial charge in [0.05, 0.1) is 15.9 Å². The van der Waals surface area contributed by atoms with Crippen molar-refractivity contribution in [3.63, 3.8) is 0 Å². The predicted molar refractivity (Wildman–Crippen MR) is 102 cm³/mol. The number of rotatable bonds is 4. The zero-order valence-corrected chi connectivity index (χ0v) is 14.6. The lowest BCUT2D eigenvalue weighted by atomic mass is 10.3. The van der Waals surface area contributed by atoms with Gasteiger partial charge in [-0.3, -0.25) is 20.6 Å². The van der Waals surface area contributed by atoms with Gasteiger partial charge in [0.1, 0.15) is 21.8 Å². The third-order valence-electron chi connectivity index (χ3n) is 3.61. The maximum atomic E-state index is 12.3. The average molecular weight is 370 g/mol. The van der Waals surface area contributed by atoms with Crippen LogP contribution < -0.4 is 10.9 Å². The molecule has 0 saturated carbocycles. The Morgan fingerprint density at radius 2 is 2.04 bits per heavy atom. The van der Waals surface area contributed by atoms with Gasteiger partial charge >= 0.3 is 0 Å². The van der Waals surface area contributed by atoms with Crippen LogP contribution in [0, 0.1) is 0 Å². The van der Waals surface area contributed by atoms with E-state index in [9.17, 15) is 9.90 Å². The number of hydrazine groups is 1. The van der Waals surface area contributed by atoms with Gasteiger partial charge in [0.25, 0.3) is 5.91 Å². The van der Waals surface area contributed by atoms with E-state index in [1.54, 1.807) is 18.2 Å². The topological polar surface area (TPSA) is 86.6 Å². The molecule has 1 aromatic heterocycles. The molecule has 0 fully saturated rings. The van der Waals surface area contributed by atoms with E-state index in [2.05, 4.69) is 20.8 Å². The molecule has 6 nitrogen and oxygen atoms in total. The number of aliphatic imine (C=N–C) groups is 1. The van der Waals surface area contributed by atoms with Gasteiger partial charge in [-0.25, -0.2) is 4.98 Å². The molecule has 8 heteroatoms. The molecule has 0 radical (unpaired) electrons. The molecular weight excluding hydrogens is 356 g/mol. The van der Waals surface area contributed by atoms with Crippen molar-refractivity contribution in [1.29, 1.82) is 0 Å². The number of para-hydroxylation sites is 1. The van der Waals surface area contributed by atoms with Crippen molar-refractivity contribution in [2.24, 2.45) is 4.99 Å². The van der Waals surface area contributed by atoms with Gasteiger partial charge in [-0.2, -0.15) is 0 Å². The summed E-state index contributed by atoms with van der Waals surface area (Å²) in [6, 6.07) is 14.1. The van der Waals surface area contributed by atoms with E-state index in [-0.39, 0.29) is 11.7 Å². The smallest absolute Gasteiger partial charge is 0.264 e. The zero-order chi connectivity index (χ0) is 17.2. The van der Waals surface area contributed by atoms with Gasteiger partial charge in [0, 0.05) is 5.75 Å². The molecule has 1 aliphatic heterocycles. The first-order valence-corrected chi connectivity index (χ1v) is 9.41. The second-order valence-corrected chi connectivity index (χ2v) is 7.45. The number of anilines is 1. The lowest BCUT2D eigenvalue weighted by molar-refractivity contribution is -0.121. The minimum atomic E-state index is -0.448. The number of aromatic nitrogens is 1. The highest BCUT2D eigenvalue weighted by Gasteiger charge is 2.27. The Morgan fingerprint density at radius 3 is 2.88 bits per heavy atom. The summed E-state index contributed by atoms with van der Waals surface area (Å²) >= 11 is 2.98. The van der Waals surface area contributed by atoms with Gasteiger partial charge in [-0.1, -0.05) is 18.2 Å². The SMILES string of the molecule is O=C(NNc1ccccc1)C1CSC(c2nc3ccc(O)cc3s2)=N1. The highest BCUT2D eigenvalue weighted by atomic mass is 32.2. The summed E-state index contributed by atoms with van der Waals surface area (Å²) in [4.78, 5) is 21.3.